The number of amides is 1. The van der Waals surface area contributed by atoms with Crippen LogP contribution in [0.3, 0.4) is 0 Å². The number of likely N-dealkylation sites (tertiary alicyclic amines) is 1. The maximum Gasteiger partial charge on any atom is 0.255 e. The summed E-state index contributed by atoms with van der Waals surface area (Å²) >= 11 is 9.40. The van der Waals surface area contributed by atoms with Crippen LogP contribution in [0.5, 0.6) is 0 Å². The van der Waals surface area contributed by atoms with Gasteiger partial charge in [-0.15, -0.1) is 0 Å². The largest absolute Gasteiger partial charge is 0.394 e. The Hall–Kier alpha value is -0.580. The van der Waals surface area contributed by atoms with Gasteiger partial charge in [-0.1, -0.05) is 34.5 Å². The number of aliphatic hydroxyl groups excluding tert-OH is 1. The van der Waals surface area contributed by atoms with Crippen molar-refractivity contribution in [2.75, 3.05) is 13.2 Å². The number of nitrogens with zero attached hydrogens (tertiary/aromatic N) is 1. The summed E-state index contributed by atoms with van der Waals surface area (Å²) in [5.41, 5.74) is 0.493. The summed E-state index contributed by atoms with van der Waals surface area (Å²) in [6.07, 6.45) is 0.922. The van der Waals surface area contributed by atoms with E-state index in [1.54, 1.807) is 23.1 Å². The van der Waals surface area contributed by atoms with Crippen LogP contribution in [0.1, 0.15) is 23.7 Å². The second kappa shape index (κ2) is 5.59. The topological polar surface area (TPSA) is 40.5 Å². The van der Waals surface area contributed by atoms with Crippen LogP contribution >= 0.6 is 27.5 Å². The van der Waals surface area contributed by atoms with Crippen LogP contribution < -0.4 is 0 Å². The number of rotatable bonds is 2. The van der Waals surface area contributed by atoms with Gasteiger partial charge in [0.1, 0.15) is 0 Å². The van der Waals surface area contributed by atoms with E-state index in [0.717, 1.165) is 10.9 Å². The van der Waals surface area contributed by atoms with E-state index in [-0.39, 0.29) is 18.6 Å². The third kappa shape index (κ3) is 2.56. The summed E-state index contributed by atoms with van der Waals surface area (Å²) in [5, 5.41) is 9.82. The first-order valence-electron chi connectivity index (χ1n) is 5.91. The number of hydrogen-bond acceptors (Lipinski definition) is 2. The minimum atomic E-state index is -0.101. The average Bonchev–Trinajstić information content (AvgIpc) is 2.69. The van der Waals surface area contributed by atoms with Gasteiger partial charge in [-0.3, -0.25) is 4.79 Å². The predicted molar refractivity (Wildman–Crippen MR) is 74.8 cm³/mol. The molecule has 2 unspecified atom stereocenters. The zero-order valence-corrected chi connectivity index (χ0v) is 12.4. The number of halogens is 2. The molecule has 1 N–H and O–H groups in total. The molecule has 2 rings (SSSR count). The van der Waals surface area contributed by atoms with Crippen molar-refractivity contribution in [1.82, 2.24) is 4.90 Å². The second-order valence-corrected chi connectivity index (χ2v) is 5.96. The highest BCUT2D eigenvalue weighted by Gasteiger charge is 2.34. The molecule has 0 aliphatic carbocycles. The maximum atomic E-state index is 12.4. The summed E-state index contributed by atoms with van der Waals surface area (Å²) < 4.78 is 0.845. The lowest BCUT2D eigenvalue weighted by atomic mass is 10.0. The Labute approximate surface area is 120 Å². The SMILES string of the molecule is CC1CCN(C(=O)c2ccc(Br)cc2Cl)C1CO. The molecule has 3 nitrogen and oxygen atoms in total. The van der Waals surface area contributed by atoms with Gasteiger partial charge in [0.2, 0.25) is 0 Å². The molecule has 1 aliphatic rings. The van der Waals surface area contributed by atoms with Crippen LogP contribution in [0, 0.1) is 5.92 Å². The number of carbonyl (C=O) groups is 1. The smallest absolute Gasteiger partial charge is 0.255 e. The maximum absolute atomic E-state index is 12.4. The first kappa shape index (κ1) is 13.8. The van der Waals surface area contributed by atoms with E-state index in [9.17, 15) is 9.90 Å². The zero-order chi connectivity index (χ0) is 13.3. The van der Waals surface area contributed by atoms with E-state index in [1.165, 1.54) is 0 Å². The van der Waals surface area contributed by atoms with Crippen LogP contribution in [-0.2, 0) is 0 Å². The molecule has 1 heterocycles. The fraction of sp³-hybridized carbons (Fsp3) is 0.462. The summed E-state index contributed by atoms with van der Waals surface area (Å²) in [7, 11) is 0. The quantitative estimate of drug-likeness (QED) is 0.904. The van der Waals surface area contributed by atoms with Gasteiger partial charge in [-0.05, 0) is 30.5 Å². The van der Waals surface area contributed by atoms with Gasteiger partial charge < -0.3 is 10.0 Å². The van der Waals surface area contributed by atoms with Crippen molar-refractivity contribution in [3.63, 3.8) is 0 Å². The van der Waals surface area contributed by atoms with E-state index in [2.05, 4.69) is 22.9 Å². The van der Waals surface area contributed by atoms with Crippen LogP contribution in [-0.4, -0.2) is 35.1 Å². The first-order valence-corrected chi connectivity index (χ1v) is 7.08. The summed E-state index contributed by atoms with van der Waals surface area (Å²) in [6.45, 7) is 2.73. The minimum Gasteiger partial charge on any atom is -0.394 e. The van der Waals surface area contributed by atoms with E-state index < -0.39 is 0 Å². The van der Waals surface area contributed by atoms with Gasteiger partial charge in [0, 0.05) is 11.0 Å². The van der Waals surface area contributed by atoms with E-state index >= 15 is 0 Å². The molecule has 5 heteroatoms. The molecule has 98 valence electrons. The Morgan fingerprint density at radius 3 is 2.94 bits per heavy atom. The van der Waals surface area contributed by atoms with Crippen LogP contribution in [0.15, 0.2) is 22.7 Å². The van der Waals surface area contributed by atoms with Gasteiger partial charge in [0.15, 0.2) is 0 Å². The number of carbonyl (C=O) groups excluding carboxylic acids is 1. The summed E-state index contributed by atoms with van der Waals surface area (Å²) in [4.78, 5) is 14.1. The highest BCUT2D eigenvalue weighted by molar-refractivity contribution is 9.10. The van der Waals surface area contributed by atoms with E-state index in [0.29, 0.717) is 23.0 Å². The lowest BCUT2D eigenvalue weighted by molar-refractivity contribution is 0.0648. The molecular weight excluding hydrogens is 318 g/mol. The molecular formula is C13H15BrClNO2. The standard InChI is InChI=1S/C13H15BrClNO2/c1-8-4-5-16(12(8)7-17)13(18)10-3-2-9(14)6-11(10)15/h2-3,6,8,12,17H,4-5,7H2,1H3. The molecule has 1 amide bonds. The minimum absolute atomic E-state index is 0.00105. The molecule has 1 saturated heterocycles. The molecule has 18 heavy (non-hydrogen) atoms. The van der Waals surface area contributed by atoms with Crippen molar-refractivity contribution >= 4 is 33.4 Å². The number of aliphatic hydroxyl groups is 1. The fourth-order valence-electron chi connectivity index (χ4n) is 2.36. The highest BCUT2D eigenvalue weighted by Crippen LogP contribution is 2.28. The van der Waals surface area contributed by atoms with Crippen molar-refractivity contribution in [1.29, 1.82) is 0 Å². The lowest BCUT2D eigenvalue weighted by Gasteiger charge is -2.25. The molecule has 0 saturated carbocycles. The van der Waals surface area contributed by atoms with Gasteiger partial charge in [0.05, 0.1) is 23.2 Å². The molecule has 1 fully saturated rings. The molecule has 1 aromatic carbocycles. The molecule has 1 aliphatic heterocycles. The van der Waals surface area contributed by atoms with E-state index in [4.69, 9.17) is 11.6 Å². The summed E-state index contributed by atoms with van der Waals surface area (Å²) in [6, 6.07) is 5.12. The number of hydrogen-bond donors (Lipinski definition) is 1. The second-order valence-electron chi connectivity index (χ2n) is 4.64. The van der Waals surface area contributed by atoms with Crippen molar-refractivity contribution in [2.24, 2.45) is 5.92 Å². The van der Waals surface area contributed by atoms with Gasteiger partial charge in [-0.2, -0.15) is 0 Å². The Morgan fingerprint density at radius 1 is 1.61 bits per heavy atom. The molecule has 1 aromatic rings. The molecule has 0 bridgehead atoms. The monoisotopic (exact) mass is 331 g/mol. The van der Waals surface area contributed by atoms with Crippen LogP contribution in [0.2, 0.25) is 5.02 Å². The van der Waals surface area contributed by atoms with Gasteiger partial charge in [0.25, 0.3) is 5.91 Å². The van der Waals surface area contributed by atoms with Gasteiger partial charge in [-0.25, -0.2) is 0 Å². The molecule has 2 atom stereocenters. The molecule has 0 aromatic heterocycles. The highest BCUT2D eigenvalue weighted by atomic mass is 79.9. The lowest BCUT2D eigenvalue weighted by Crippen LogP contribution is -2.39. The third-order valence-corrected chi connectivity index (χ3v) is 4.30. The van der Waals surface area contributed by atoms with Crippen molar-refractivity contribution in [3.05, 3.63) is 33.3 Å². The normalized spacial score (nSPS) is 23.4. The Bertz CT molecular complexity index is 466. The predicted octanol–water partition coefficient (Wildman–Crippen LogP) is 2.95. The van der Waals surface area contributed by atoms with Crippen molar-refractivity contribution < 1.29 is 9.90 Å². The van der Waals surface area contributed by atoms with Crippen molar-refractivity contribution in [3.8, 4) is 0 Å². The average molecular weight is 333 g/mol. The first-order chi connectivity index (χ1) is 8.54. The van der Waals surface area contributed by atoms with Crippen LogP contribution in [0.4, 0.5) is 0 Å². The number of benzene rings is 1. The Balaban J connectivity index is 2.26. The van der Waals surface area contributed by atoms with Crippen LogP contribution in [0.25, 0.3) is 0 Å². The fourth-order valence-corrected chi connectivity index (χ4v) is 3.11. The Kier molecular flexibility index (Phi) is 4.30. The third-order valence-electron chi connectivity index (χ3n) is 3.49. The molecule has 0 radical (unpaired) electrons. The Morgan fingerprint density at radius 2 is 2.33 bits per heavy atom. The summed E-state index contributed by atoms with van der Waals surface area (Å²) in [5.74, 6) is 0.226. The van der Waals surface area contributed by atoms with E-state index in [1.807, 2.05) is 0 Å². The van der Waals surface area contributed by atoms with Crippen molar-refractivity contribution in [2.45, 2.75) is 19.4 Å². The van der Waals surface area contributed by atoms with Gasteiger partial charge >= 0.3 is 0 Å². The zero-order valence-electron chi connectivity index (χ0n) is 10.1. The molecule has 0 spiro atoms.